The summed E-state index contributed by atoms with van der Waals surface area (Å²) in [6.45, 7) is 1.69. The van der Waals surface area contributed by atoms with Crippen molar-refractivity contribution in [3.8, 4) is 22.5 Å². The van der Waals surface area contributed by atoms with Gasteiger partial charge in [-0.3, -0.25) is 5.10 Å². The quantitative estimate of drug-likeness (QED) is 0.658. The van der Waals surface area contributed by atoms with E-state index in [2.05, 4.69) is 25.5 Å². The Morgan fingerprint density at radius 3 is 2.54 bits per heavy atom. The van der Waals surface area contributed by atoms with E-state index in [1.807, 2.05) is 0 Å². The van der Waals surface area contributed by atoms with Crippen molar-refractivity contribution in [2.75, 3.05) is 13.1 Å². The summed E-state index contributed by atoms with van der Waals surface area (Å²) in [5.41, 5.74) is 1.20. The van der Waals surface area contributed by atoms with Crippen LogP contribution in [0.5, 0.6) is 0 Å². The molecule has 0 amide bonds. The second kappa shape index (κ2) is 7.31. The Bertz CT molecular complexity index is 962. The monoisotopic (exact) mass is 391 g/mol. The van der Waals surface area contributed by atoms with Crippen molar-refractivity contribution in [3.63, 3.8) is 0 Å². The molecule has 0 bridgehead atoms. The Labute approximate surface area is 158 Å². The molecule has 4 rings (SSSR count). The van der Waals surface area contributed by atoms with Crippen LogP contribution in [0.2, 0.25) is 0 Å². The van der Waals surface area contributed by atoms with E-state index in [-0.39, 0.29) is 11.5 Å². The average Bonchev–Trinajstić information content (AvgIpc) is 3.14. The lowest BCUT2D eigenvalue weighted by atomic mass is 9.89. The molecule has 0 spiro atoms. The second-order valence-electron chi connectivity index (χ2n) is 6.67. The molecule has 3 aromatic rings. The molecule has 3 heterocycles. The molecule has 0 unspecified atom stereocenters. The van der Waals surface area contributed by atoms with Crippen molar-refractivity contribution in [1.82, 2.24) is 25.5 Å². The minimum atomic E-state index is -4.79. The van der Waals surface area contributed by atoms with Crippen LogP contribution in [0.15, 0.2) is 36.8 Å². The largest absolute Gasteiger partial charge is 0.419 e. The number of aromatic amines is 1. The molecule has 146 valence electrons. The van der Waals surface area contributed by atoms with E-state index in [4.69, 9.17) is 0 Å². The van der Waals surface area contributed by atoms with Crippen LogP contribution in [-0.4, -0.2) is 33.3 Å². The molecule has 5 nitrogen and oxygen atoms in total. The van der Waals surface area contributed by atoms with E-state index in [0.717, 1.165) is 43.8 Å². The highest BCUT2D eigenvalue weighted by atomic mass is 19.4. The smallest absolute Gasteiger partial charge is 0.317 e. The number of nitrogens with zero attached hydrogens (tertiary/aromatic N) is 3. The molecule has 1 fully saturated rings. The van der Waals surface area contributed by atoms with Crippen LogP contribution in [0.25, 0.3) is 22.5 Å². The van der Waals surface area contributed by atoms with Gasteiger partial charge in [-0.25, -0.2) is 14.4 Å². The molecule has 1 saturated heterocycles. The summed E-state index contributed by atoms with van der Waals surface area (Å²) in [7, 11) is 0. The minimum absolute atomic E-state index is 0.176. The molecule has 9 heteroatoms. The topological polar surface area (TPSA) is 66.5 Å². The summed E-state index contributed by atoms with van der Waals surface area (Å²) in [6, 6.07) is 4.61. The summed E-state index contributed by atoms with van der Waals surface area (Å²) >= 11 is 0. The number of piperidine rings is 1. The molecule has 0 radical (unpaired) electrons. The molecule has 2 aromatic heterocycles. The first-order valence-electron chi connectivity index (χ1n) is 8.87. The Morgan fingerprint density at radius 1 is 1.07 bits per heavy atom. The van der Waals surface area contributed by atoms with Crippen molar-refractivity contribution >= 4 is 0 Å². The minimum Gasteiger partial charge on any atom is -0.317 e. The normalized spacial score (nSPS) is 15.7. The standard InChI is InChI=1S/C19H17F4N5/c20-14-2-1-12(9-13(14)19(21,22)23)18-16(15-5-8-25-10-26-15)17(27-28-18)11-3-6-24-7-4-11/h1-2,5,8-11,24H,3-4,6-7H2,(H,27,28). The molecular weight excluding hydrogens is 374 g/mol. The highest BCUT2D eigenvalue weighted by Gasteiger charge is 2.35. The number of nitrogens with one attached hydrogen (secondary N) is 2. The fourth-order valence-electron chi connectivity index (χ4n) is 3.56. The third-order valence-corrected chi connectivity index (χ3v) is 4.92. The maximum absolute atomic E-state index is 13.7. The highest BCUT2D eigenvalue weighted by Crippen LogP contribution is 2.40. The van der Waals surface area contributed by atoms with Gasteiger partial charge < -0.3 is 5.32 Å². The Hall–Kier alpha value is -2.81. The molecule has 2 N–H and O–H groups in total. The van der Waals surface area contributed by atoms with E-state index in [1.165, 1.54) is 12.4 Å². The van der Waals surface area contributed by atoms with E-state index in [0.29, 0.717) is 17.0 Å². The summed E-state index contributed by atoms with van der Waals surface area (Å²) in [4.78, 5) is 8.18. The fourth-order valence-corrected chi connectivity index (χ4v) is 3.56. The van der Waals surface area contributed by atoms with Gasteiger partial charge >= 0.3 is 6.18 Å². The summed E-state index contributed by atoms with van der Waals surface area (Å²) in [5, 5.41) is 10.6. The lowest BCUT2D eigenvalue weighted by Crippen LogP contribution is -2.27. The van der Waals surface area contributed by atoms with Crippen LogP contribution >= 0.6 is 0 Å². The predicted molar refractivity (Wildman–Crippen MR) is 94.9 cm³/mol. The second-order valence-corrected chi connectivity index (χ2v) is 6.67. The molecule has 0 saturated carbocycles. The van der Waals surface area contributed by atoms with E-state index in [9.17, 15) is 17.6 Å². The van der Waals surface area contributed by atoms with Crippen molar-refractivity contribution in [3.05, 3.63) is 53.9 Å². The number of H-pyrrole nitrogens is 1. The van der Waals surface area contributed by atoms with Gasteiger partial charge in [-0.15, -0.1) is 0 Å². The number of halogens is 4. The Morgan fingerprint density at radius 2 is 1.86 bits per heavy atom. The summed E-state index contributed by atoms with van der Waals surface area (Å²) in [6.07, 6.45) is -0.0987. The van der Waals surface area contributed by atoms with E-state index < -0.39 is 17.6 Å². The average molecular weight is 391 g/mol. The fraction of sp³-hybridized carbons (Fsp3) is 0.316. The number of rotatable bonds is 3. The van der Waals surface area contributed by atoms with Crippen molar-refractivity contribution in [1.29, 1.82) is 0 Å². The molecular formula is C19H17F4N5. The van der Waals surface area contributed by atoms with Gasteiger partial charge in [0.15, 0.2) is 0 Å². The van der Waals surface area contributed by atoms with Gasteiger partial charge in [0.2, 0.25) is 0 Å². The lowest BCUT2D eigenvalue weighted by Gasteiger charge is -2.22. The van der Waals surface area contributed by atoms with Crippen molar-refractivity contribution < 1.29 is 17.6 Å². The molecule has 1 aliphatic rings. The van der Waals surface area contributed by atoms with Crippen LogP contribution in [0.1, 0.15) is 30.0 Å². The van der Waals surface area contributed by atoms with Gasteiger partial charge in [-0.05, 0) is 50.2 Å². The van der Waals surface area contributed by atoms with Gasteiger partial charge in [0, 0.05) is 28.9 Å². The van der Waals surface area contributed by atoms with Crippen LogP contribution in [0.4, 0.5) is 17.6 Å². The maximum atomic E-state index is 13.7. The number of hydrogen-bond acceptors (Lipinski definition) is 4. The summed E-state index contributed by atoms with van der Waals surface area (Å²) in [5.74, 6) is -1.14. The molecule has 1 aromatic carbocycles. The molecule has 28 heavy (non-hydrogen) atoms. The van der Waals surface area contributed by atoms with E-state index >= 15 is 0 Å². The van der Waals surface area contributed by atoms with Gasteiger partial charge in [0.1, 0.15) is 17.8 Å². The van der Waals surface area contributed by atoms with Gasteiger partial charge in [0.05, 0.1) is 11.3 Å². The van der Waals surface area contributed by atoms with E-state index in [1.54, 1.807) is 12.3 Å². The third-order valence-electron chi connectivity index (χ3n) is 4.92. The first kappa shape index (κ1) is 18.5. The SMILES string of the molecule is Fc1ccc(-c2n[nH]c(C3CCNCC3)c2-c2ccncn2)cc1C(F)(F)F. The highest BCUT2D eigenvalue weighted by molar-refractivity contribution is 5.81. The predicted octanol–water partition coefficient (Wildman–Crippen LogP) is 4.16. The van der Waals surface area contributed by atoms with Gasteiger partial charge in [0.25, 0.3) is 0 Å². The zero-order chi connectivity index (χ0) is 19.7. The first-order chi connectivity index (χ1) is 13.4. The number of hydrogen-bond donors (Lipinski definition) is 2. The first-order valence-corrected chi connectivity index (χ1v) is 8.87. The number of benzene rings is 1. The van der Waals surface area contributed by atoms with Crippen LogP contribution in [0, 0.1) is 5.82 Å². The van der Waals surface area contributed by atoms with Crippen LogP contribution in [0.3, 0.4) is 0 Å². The zero-order valence-electron chi connectivity index (χ0n) is 14.7. The molecule has 0 atom stereocenters. The van der Waals surface area contributed by atoms with Crippen molar-refractivity contribution in [2.45, 2.75) is 24.9 Å². The van der Waals surface area contributed by atoms with Crippen LogP contribution < -0.4 is 5.32 Å². The number of alkyl halides is 3. The zero-order valence-corrected chi connectivity index (χ0v) is 14.7. The van der Waals surface area contributed by atoms with Gasteiger partial charge in [-0.1, -0.05) is 0 Å². The number of aromatic nitrogens is 4. The van der Waals surface area contributed by atoms with Gasteiger partial charge in [-0.2, -0.15) is 18.3 Å². The summed E-state index contributed by atoms with van der Waals surface area (Å²) < 4.78 is 53.2. The third kappa shape index (κ3) is 3.49. The Balaban J connectivity index is 1.87. The lowest BCUT2D eigenvalue weighted by molar-refractivity contribution is -0.139. The Kier molecular flexibility index (Phi) is 4.84. The van der Waals surface area contributed by atoms with Crippen LogP contribution in [-0.2, 0) is 6.18 Å². The molecule has 0 aliphatic carbocycles. The molecule has 1 aliphatic heterocycles. The maximum Gasteiger partial charge on any atom is 0.419 e. The van der Waals surface area contributed by atoms with Crippen molar-refractivity contribution in [2.24, 2.45) is 0 Å².